The molecular weight excluding hydrogens is 423 g/mol. The molecule has 30 heavy (non-hydrogen) atoms. The predicted octanol–water partition coefficient (Wildman–Crippen LogP) is 5.03. The van der Waals surface area contributed by atoms with Crippen molar-refractivity contribution in [3.63, 3.8) is 0 Å². The number of ketones is 1. The maximum atomic E-state index is 12.6. The van der Waals surface area contributed by atoms with Crippen molar-refractivity contribution in [2.75, 3.05) is 0 Å². The Balaban J connectivity index is 1.71. The molecule has 1 N–H and O–H groups in total. The number of fused-ring (bicyclic) bond motifs is 5. The molecule has 4 rings (SSSR count). The molecule has 6 heteroatoms. The number of rotatable bonds is 2. The zero-order valence-electron chi connectivity index (χ0n) is 18.5. The number of hydrogen-bond donors (Lipinski definition) is 1. The minimum Gasteiger partial charge on any atom is -0.463 e. The van der Waals surface area contributed by atoms with Gasteiger partial charge in [0.2, 0.25) is 0 Å². The van der Waals surface area contributed by atoms with Gasteiger partial charge >= 0.3 is 5.97 Å². The summed E-state index contributed by atoms with van der Waals surface area (Å²) < 4.78 is 5.54. The second-order valence-electron chi connectivity index (χ2n) is 10.8. The molecule has 4 aliphatic rings. The molecule has 0 amide bonds. The first-order valence-electron chi connectivity index (χ1n) is 11.2. The van der Waals surface area contributed by atoms with Gasteiger partial charge in [0.05, 0.1) is 10.3 Å². The van der Waals surface area contributed by atoms with Crippen LogP contribution in [0.4, 0.5) is 0 Å². The first-order chi connectivity index (χ1) is 13.8. The van der Waals surface area contributed by atoms with Gasteiger partial charge in [-0.1, -0.05) is 20.4 Å². The monoisotopic (exact) mass is 456 g/mol. The molecular formula is C24H34Cl2O4. The molecule has 0 saturated heterocycles. The van der Waals surface area contributed by atoms with Crippen molar-refractivity contribution in [2.24, 2.45) is 28.6 Å². The summed E-state index contributed by atoms with van der Waals surface area (Å²) in [6, 6.07) is 0. The lowest BCUT2D eigenvalue weighted by Crippen LogP contribution is -2.69. The highest BCUT2D eigenvalue weighted by molar-refractivity contribution is 6.33. The van der Waals surface area contributed by atoms with E-state index < -0.39 is 15.9 Å². The van der Waals surface area contributed by atoms with Crippen molar-refractivity contribution in [1.29, 1.82) is 0 Å². The van der Waals surface area contributed by atoms with Gasteiger partial charge in [0.15, 0.2) is 5.78 Å². The average Bonchev–Trinajstić information content (AvgIpc) is 2.84. The Labute approximate surface area is 189 Å². The molecule has 0 heterocycles. The van der Waals surface area contributed by atoms with E-state index in [4.69, 9.17) is 27.9 Å². The predicted molar refractivity (Wildman–Crippen MR) is 118 cm³/mol. The van der Waals surface area contributed by atoms with Crippen molar-refractivity contribution in [2.45, 2.75) is 94.6 Å². The standard InChI is InChI=1S/C24H34Cl2O4/c1-13-10-19-18-7-6-16-11-17(30-15(3)28)8-9-21(16,4)23(18,26)20(25)12-22(19,5)24(13,29)14(2)27/h16-20,29H,1,6-12H2,2-5H3/t16-,17-,18-,19-,20-,21-,22-,23-,24-/m0/s1. The van der Waals surface area contributed by atoms with E-state index in [0.717, 1.165) is 32.1 Å². The number of hydrogen-bond acceptors (Lipinski definition) is 4. The number of aliphatic hydroxyl groups is 1. The summed E-state index contributed by atoms with van der Waals surface area (Å²) in [6.07, 6.45) is 5.44. The van der Waals surface area contributed by atoms with Crippen molar-refractivity contribution in [3.05, 3.63) is 12.2 Å². The van der Waals surface area contributed by atoms with Gasteiger partial charge in [-0.3, -0.25) is 9.59 Å². The Morgan fingerprint density at radius 1 is 1.13 bits per heavy atom. The van der Waals surface area contributed by atoms with E-state index in [9.17, 15) is 14.7 Å². The third-order valence-corrected chi connectivity index (χ3v) is 11.3. The van der Waals surface area contributed by atoms with Gasteiger partial charge in [-0.15, -0.1) is 23.2 Å². The zero-order valence-corrected chi connectivity index (χ0v) is 20.0. The quantitative estimate of drug-likeness (QED) is 0.359. The normalized spacial score (nSPS) is 52.8. The van der Waals surface area contributed by atoms with E-state index >= 15 is 0 Å². The lowest BCUT2D eigenvalue weighted by Gasteiger charge is -2.66. The third-order valence-electron chi connectivity index (χ3n) is 9.69. The molecule has 0 aromatic heterocycles. The lowest BCUT2D eigenvalue weighted by molar-refractivity contribution is -0.166. The number of carbonyl (C=O) groups excluding carboxylic acids is 2. The third kappa shape index (κ3) is 2.62. The van der Waals surface area contributed by atoms with Gasteiger partial charge in [-0.2, -0.15) is 0 Å². The highest BCUT2D eigenvalue weighted by Crippen LogP contribution is 2.73. The summed E-state index contributed by atoms with van der Waals surface area (Å²) in [5.74, 6) is 0.0541. The summed E-state index contributed by atoms with van der Waals surface area (Å²) >= 11 is 14.7. The minimum absolute atomic E-state index is 0.0471. The van der Waals surface area contributed by atoms with Crippen LogP contribution in [0.15, 0.2) is 12.2 Å². The molecule has 4 aliphatic carbocycles. The van der Waals surface area contributed by atoms with E-state index in [-0.39, 0.29) is 40.5 Å². The Bertz CT molecular complexity index is 798. The zero-order chi connectivity index (χ0) is 22.3. The summed E-state index contributed by atoms with van der Waals surface area (Å²) in [5, 5.41) is 11.1. The fraction of sp³-hybridized carbons (Fsp3) is 0.833. The Kier molecular flexibility index (Phi) is 5.24. The van der Waals surface area contributed by atoms with E-state index in [0.29, 0.717) is 24.3 Å². The first kappa shape index (κ1) is 22.6. The number of carbonyl (C=O) groups is 2. The first-order valence-corrected chi connectivity index (χ1v) is 12.1. The topological polar surface area (TPSA) is 63.6 Å². The molecule has 0 spiro atoms. The maximum Gasteiger partial charge on any atom is 0.302 e. The second kappa shape index (κ2) is 6.96. The molecule has 4 saturated carbocycles. The van der Waals surface area contributed by atoms with Crippen LogP contribution in [0.25, 0.3) is 0 Å². The van der Waals surface area contributed by atoms with Crippen LogP contribution in [-0.4, -0.2) is 38.8 Å². The van der Waals surface area contributed by atoms with Crippen LogP contribution in [0.3, 0.4) is 0 Å². The Morgan fingerprint density at radius 2 is 1.80 bits per heavy atom. The van der Waals surface area contributed by atoms with Gasteiger partial charge in [0, 0.05) is 12.3 Å². The smallest absolute Gasteiger partial charge is 0.302 e. The number of halogens is 2. The molecule has 0 unspecified atom stereocenters. The van der Waals surface area contributed by atoms with E-state index in [1.54, 1.807) is 0 Å². The van der Waals surface area contributed by atoms with Crippen LogP contribution in [0, 0.1) is 28.6 Å². The molecule has 0 radical (unpaired) electrons. The van der Waals surface area contributed by atoms with Gasteiger partial charge in [0.1, 0.15) is 11.7 Å². The summed E-state index contributed by atoms with van der Waals surface area (Å²) in [6.45, 7) is 11.3. The molecule has 168 valence electrons. The molecule has 0 bridgehead atoms. The second-order valence-corrected chi connectivity index (χ2v) is 12.0. The summed E-state index contributed by atoms with van der Waals surface area (Å²) in [5.41, 5.74) is -1.75. The molecule has 0 aromatic rings. The maximum absolute atomic E-state index is 12.6. The van der Waals surface area contributed by atoms with Gasteiger partial charge in [-0.25, -0.2) is 0 Å². The Hall–Kier alpha value is -0.580. The van der Waals surface area contributed by atoms with Crippen LogP contribution in [0.1, 0.15) is 72.6 Å². The largest absolute Gasteiger partial charge is 0.463 e. The van der Waals surface area contributed by atoms with Crippen LogP contribution in [0.5, 0.6) is 0 Å². The summed E-state index contributed by atoms with van der Waals surface area (Å²) in [7, 11) is 0. The highest BCUT2D eigenvalue weighted by Gasteiger charge is 2.74. The minimum atomic E-state index is -1.53. The molecule has 4 fully saturated rings. The van der Waals surface area contributed by atoms with Crippen molar-refractivity contribution < 1.29 is 19.4 Å². The Morgan fingerprint density at radius 3 is 2.40 bits per heavy atom. The number of alkyl halides is 2. The SMILES string of the molecule is C=C1C[C@H]2[C@@H]3CC[C@H]4C[C@@H](OC(C)=O)CC[C@]4(C)[C@@]3(Cl)[C@@H](Cl)C[C@]2(C)[C@@]1(O)C(C)=O. The van der Waals surface area contributed by atoms with Crippen LogP contribution >= 0.6 is 23.2 Å². The molecule has 9 atom stereocenters. The van der Waals surface area contributed by atoms with Crippen molar-refractivity contribution in [1.82, 2.24) is 0 Å². The van der Waals surface area contributed by atoms with Crippen LogP contribution in [0.2, 0.25) is 0 Å². The van der Waals surface area contributed by atoms with Crippen molar-refractivity contribution in [3.8, 4) is 0 Å². The van der Waals surface area contributed by atoms with Gasteiger partial charge in [-0.05, 0) is 80.6 Å². The van der Waals surface area contributed by atoms with Gasteiger partial charge in [0.25, 0.3) is 0 Å². The number of Topliss-reactive ketones (excluding diaryl/α,β-unsaturated/α-hetero) is 1. The average molecular weight is 457 g/mol. The molecule has 0 aromatic carbocycles. The fourth-order valence-electron chi connectivity index (χ4n) is 8.11. The van der Waals surface area contributed by atoms with E-state index in [2.05, 4.69) is 13.5 Å². The van der Waals surface area contributed by atoms with E-state index in [1.165, 1.54) is 13.8 Å². The highest BCUT2D eigenvalue weighted by atomic mass is 35.5. The van der Waals surface area contributed by atoms with E-state index in [1.807, 2.05) is 6.92 Å². The van der Waals surface area contributed by atoms with Crippen LogP contribution in [-0.2, 0) is 14.3 Å². The number of esters is 1. The number of ether oxygens (including phenoxy) is 1. The fourth-order valence-corrected chi connectivity index (χ4v) is 9.43. The summed E-state index contributed by atoms with van der Waals surface area (Å²) in [4.78, 5) is 23.4. The lowest BCUT2D eigenvalue weighted by atomic mass is 9.43. The van der Waals surface area contributed by atoms with Crippen LogP contribution < -0.4 is 0 Å². The van der Waals surface area contributed by atoms with Crippen molar-refractivity contribution >= 4 is 35.0 Å². The molecule has 0 aliphatic heterocycles. The van der Waals surface area contributed by atoms with Gasteiger partial charge < -0.3 is 9.84 Å². The molecule has 4 nitrogen and oxygen atoms in total.